The first-order valence-electron chi connectivity index (χ1n) is 10.3. The van der Waals surface area contributed by atoms with E-state index >= 15 is 0 Å². The van der Waals surface area contributed by atoms with Gasteiger partial charge in [-0.15, -0.1) is 0 Å². The molecular formula is C25H27ClN2O4S. The van der Waals surface area contributed by atoms with E-state index in [2.05, 4.69) is 0 Å². The van der Waals surface area contributed by atoms with Crippen LogP contribution in [0.3, 0.4) is 0 Å². The van der Waals surface area contributed by atoms with Crippen molar-refractivity contribution >= 4 is 33.2 Å². The average molecular weight is 487 g/mol. The zero-order valence-corrected chi connectivity index (χ0v) is 20.7. The summed E-state index contributed by atoms with van der Waals surface area (Å²) in [5, 5.41) is 0.250. The van der Waals surface area contributed by atoms with Gasteiger partial charge >= 0.3 is 0 Å². The predicted molar refractivity (Wildman–Crippen MR) is 131 cm³/mol. The fourth-order valence-electron chi connectivity index (χ4n) is 3.26. The van der Waals surface area contributed by atoms with Gasteiger partial charge < -0.3 is 9.64 Å². The third kappa shape index (κ3) is 5.86. The Bertz CT molecular complexity index is 1230. The van der Waals surface area contributed by atoms with E-state index in [-0.39, 0.29) is 28.1 Å². The van der Waals surface area contributed by atoms with Crippen molar-refractivity contribution in [2.24, 2.45) is 0 Å². The number of ether oxygens (including phenoxy) is 1. The summed E-state index contributed by atoms with van der Waals surface area (Å²) in [6, 6.07) is 19.0. The number of rotatable bonds is 8. The number of carbonyl (C=O) groups excluding carboxylic acids is 1. The Kier molecular flexibility index (Phi) is 7.66. The van der Waals surface area contributed by atoms with Crippen LogP contribution in [0.4, 0.5) is 5.69 Å². The Hall–Kier alpha value is -3.03. The number of aryl methyl sites for hydroxylation is 2. The van der Waals surface area contributed by atoms with Gasteiger partial charge in [-0.05, 0) is 49.7 Å². The van der Waals surface area contributed by atoms with Crippen molar-refractivity contribution in [2.75, 3.05) is 25.0 Å². The summed E-state index contributed by atoms with van der Waals surface area (Å²) < 4.78 is 33.4. The molecule has 0 unspecified atom stereocenters. The Morgan fingerprint density at radius 3 is 2.06 bits per heavy atom. The lowest BCUT2D eigenvalue weighted by Gasteiger charge is -2.27. The van der Waals surface area contributed by atoms with Crippen LogP contribution in [0.1, 0.15) is 16.7 Å². The van der Waals surface area contributed by atoms with Crippen molar-refractivity contribution < 1.29 is 17.9 Å². The quantitative estimate of drug-likeness (QED) is 0.458. The van der Waals surface area contributed by atoms with Crippen molar-refractivity contribution in [1.29, 1.82) is 0 Å². The highest BCUT2D eigenvalue weighted by molar-refractivity contribution is 7.92. The number of hydrogen-bond donors (Lipinski definition) is 0. The lowest BCUT2D eigenvalue weighted by molar-refractivity contribution is -0.128. The van der Waals surface area contributed by atoms with E-state index < -0.39 is 10.0 Å². The van der Waals surface area contributed by atoms with Crippen LogP contribution in [0.2, 0.25) is 5.02 Å². The normalized spacial score (nSPS) is 11.2. The van der Waals surface area contributed by atoms with Crippen LogP contribution in [-0.2, 0) is 21.4 Å². The molecule has 0 N–H and O–H groups in total. The highest BCUT2D eigenvalue weighted by Crippen LogP contribution is 2.32. The van der Waals surface area contributed by atoms with Crippen LogP contribution >= 0.6 is 11.6 Å². The maximum atomic E-state index is 13.5. The summed E-state index contributed by atoms with van der Waals surface area (Å²) in [5.74, 6) is 0.0640. The Morgan fingerprint density at radius 1 is 0.939 bits per heavy atom. The number of halogens is 1. The molecule has 3 aromatic carbocycles. The van der Waals surface area contributed by atoms with Gasteiger partial charge in [0.2, 0.25) is 5.91 Å². The number of carbonyl (C=O) groups is 1. The second-order valence-corrected chi connectivity index (χ2v) is 10.1. The summed E-state index contributed by atoms with van der Waals surface area (Å²) >= 11 is 6.27. The minimum atomic E-state index is -4.03. The van der Waals surface area contributed by atoms with Crippen molar-refractivity contribution in [3.8, 4) is 5.75 Å². The van der Waals surface area contributed by atoms with Gasteiger partial charge in [-0.25, -0.2) is 8.42 Å². The molecule has 0 saturated carbocycles. The second-order valence-electron chi connectivity index (χ2n) is 7.88. The molecule has 0 aliphatic heterocycles. The molecule has 3 rings (SSSR count). The van der Waals surface area contributed by atoms with Crippen molar-refractivity contribution in [2.45, 2.75) is 25.3 Å². The van der Waals surface area contributed by atoms with Gasteiger partial charge in [0.15, 0.2) is 0 Å². The molecule has 8 heteroatoms. The smallest absolute Gasteiger partial charge is 0.264 e. The van der Waals surface area contributed by atoms with Gasteiger partial charge in [-0.1, -0.05) is 59.1 Å². The first-order chi connectivity index (χ1) is 15.6. The Morgan fingerprint density at radius 2 is 1.52 bits per heavy atom. The number of hydrogen-bond acceptors (Lipinski definition) is 4. The predicted octanol–water partition coefficient (Wildman–Crippen LogP) is 4.82. The van der Waals surface area contributed by atoms with E-state index in [0.29, 0.717) is 12.3 Å². The van der Waals surface area contributed by atoms with E-state index in [1.54, 1.807) is 31.3 Å². The van der Waals surface area contributed by atoms with Gasteiger partial charge in [-0.2, -0.15) is 0 Å². The molecule has 0 spiro atoms. The zero-order chi connectivity index (χ0) is 24.2. The molecule has 33 heavy (non-hydrogen) atoms. The second kappa shape index (κ2) is 10.3. The minimum absolute atomic E-state index is 0.0917. The molecular weight excluding hydrogens is 460 g/mol. The van der Waals surface area contributed by atoms with Gasteiger partial charge in [0.25, 0.3) is 10.0 Å². The number of nitrogens with zero attached hydrogens (tertiary/aromatic N) is 2. The number of likely N-dealkylation sites (N-methyl/N-ethyl adjacent to an activating group) is 1. The molecule has 0 aliphatic rings. The Labute approximate surface area is 200 Å². The fraction of sp³-hybridized carbons (Fsp3) is 0.240. The third-order valence-corrected chi connectivity index (χ3v) is 7.36. The molecule has 0 bridgehead atoms. The zero-order valence-electron chi connectivity index (χ0n) is 19.1. The summed E-state index contributed by atoms with van der Waals surface area (Å²) in [6.07, 6.45) is 0. The van der Waals surface area contributed by atoms with E-state index in [1.165, 1.54) is 30.2 Å². The van der Waals surface area contributed by atoms with Crippen molar-refractivity contribution in [3.63, 3.8) is 0 Å². The van der Waals surface area contributed by atoms with Crippen LogP contribution in [0.15, 0.2) is 71.6 Å². The standard InChI is InChI=1S/C25H27ClN2O4S/c1-18-5-9-20(10-6-18)16-27(3)25(29)17-28(21-11-14-24(32-4)23(26)15-21)33(30,31)22-12-7-19(2)8-13-22/h5-15H,16-17H2,1-4H3. The lowest BCUT2D eigenvalue weighted by Crippen LogP contribution is -2.41. The molecule has 3 aromatic rings. The highest BCUT2D eigenvalue weighted by Gasteiger charge is 2.29. The summed E-state index contributed by atoms with van der Waals surface area (Å²) in [6.45, 7) is 3.86. The molecule has 0 heterocycles. The number of anilines is 1. The molecule has 1 amide bonds. The minimum Gasteiger partial charge on any atom is -0.495 e. The topological polar surface area (TPSA) is 66.9 Å². The highest BCUT2D eigenvalue weighted by atomic mass is 35.5. The van der Waals surface area contributed by atoms with Crippen LogP contribution in [0, 0.1) is 13.8 Å². The average Bonchev–Trinajstić information content (AvgIpc) is 2.79. The number of sulfonamides is 1. The van der Waals surface area contributed by atoms with Crippen molar-refractivity contribution in [1.82, 2.24) is 4.90 Å². The van der Waals surface area contributed by atoms with Crippen LogP contribution in [-0.4, -0.2) is 39.9 Å². The number of amides is 1. The van der Waals surface area contributed by atoms with Crippen molar-refractivity contribution in [3.05, 3.63) is 88.4 Å². The van der Waals surface area contributed by atoms with Gasteiger partial charge in [0.1, 0.15) is 12.3 Å². The monoisotopic (exact) mass is 486 g/mol. The van der Waals surface area contributed by atoms with Gasteiger partial charge in [0, 0.05) is 13.6 Å². The maximum Gasteiger partial charge on any atom is 0.264 e. The maximum absolute atomic E-state index is 13.5. The molecule has 0 atom stereocenters. The molecule has 174 valence electrons. The largest absolute Gasteiger partial charge is 0.495 e. The summed E-state index contributed by atoms with van der Waals surface area (Å²) in [4.78, 5) is 14.7. The van der Waals surface area contributed by atoms with Gasteiger partial charge in [0.05, 0.1) is 22.7 Å². The molecule has 6 nitrogen and oxygen atoms in total. The Balaban J connectivity index is 1.94. The first-order valence-corrected chi connectivity index (χ1v) is 12.2. The molecule has 0 saturated heterocycles. The van der Waals surface area contributed by atoms with Gasteiger partial charge in [-0.3, -0.25) is 9.10 Å². The lowest BCUT2D eigenvalue weighted by atomic mass is 10.1. The molecule has 0 radical (unpaired) electrons. The third-order valence-electron chi connectivity index (χ3n) is 5.28. The SMILES string of the molecule is COc1ccc(N(CC(=O)N(C)Cc2ccc(C)cc2)S(=O)(=O)c2ccc(C)cc2)cc1Cl. The molecule has 0 aromatic heterocycles. The fourth-order valence-corrected chi connectivity index (χ4v) is 4.92. The van der Waals surface area contributed by atoms with E-state index in [9.17, 15) is 13.2 Å². The van der Waals surface area contributed by atoms with Crippen LogP contribution in [0.5, 0.6) is 5.75 Å². The van der Waals surface area contributed by atoms with Crippen LogP contribution < -0.4 is 9.04 Å². The molecule has 0 fully saturated rings. The van der Waals surface area contributed by atoms with E-state index in [4.69, 9.17) is 16.3 Å². The van der Waals surface area contributed by atoms with Crippen LogP contribution in [0.25, 0.3) is 0 Å². The van der Waals surface area contributed by atoms with E-state index in [1.807, 2.05) is 38.1 Å². The van der Waals surface area contributed by atoms with E-state index in [0.717, 1.165) is 21.0 Å². The molecule has 0 aliphatic carbocycles. The number of methoxy groups -OCH3 is 1. The number of benzene rings is 3. The first kappa shape index (κ1) is 24.6. The summed E-state index contributed by atoms with van der Waals surface area (Å²) in [5.41, 5.74) is 3.29. The summed E-state index contributed by atoms with van der Waals surface area (Å²) in [7, 11) is -0.898.